The van der Waals surface area contributed by atoms with Crippen LogP contribution in [0.3, 0.4) is 0 Å². The molecule has 0 saturated heterocycles. The molecule has 7 nitrogen and oxygen atoms in total. The fourth-order valence-electron chi connectivity index (χ4n) is 4.64. The van der Waals surface area contributed by atoms with Gasteiger partial charge in [0.15, 0.2) is 0 Å². The van der Waals surface area contributed by atoms with Crippen molar-refractivity contribution < 1.29 is 18.0 Å². The Labute approximate surface area is 259 Å². The molecule has 0 aliphatic rings. The fourth-order valence-corrected chi connectivity index (χ4v) is 6.02. The first kappa shape index (κ1) is 33.4. The van der Waals surface area contributed by atoms with Crippen LogP contribution in [0.2, 0.25) is 10.0 Å². The second kappa shape index (κ2) is 15.4. The summed E-state index contributed by atoms with van der Waals surface area (Å²) in [6.45, 7) is 6.46. The van der Waals surface area contributed by atoms with Crippen molar-refractivity contribution in [2.75, 3.05) is 23.7 Å². The minimum Gasteiger partial charge on any atom is -0.354 e. The van der Waals surface area contributed by atoms with Crippen LogP contribution in [-0.2, 0) is 32.6 Å². The molecule has 0 aromatic heterocycles. The van der Waals surface area contributed by atoms with E-state index >= 15 is 0 Å². The summed E-state index contributed by atoms with van der Waals surface area (Å²) in [7, 11) is -3.65. The number of amides is 2. The SMILES string of the molecule is Cc1c(Cl)cccc1N(CCCC(=O)N(Cc1ccccc1Cl)[C@@H](Cc1ccccc1)C(=O)NCC(C)C)S(C)(=O)=O. The number of anilines is 1. The highest BCUT2D eigenvalue weighted by molar-refractivity contribution is 7.92. The highest BCUT2D eigenvalue weighted by Gasteiger charge is 2.31. The van der Waals surface area contributed by atoms with Crippen LogP contribution in [0.5, 0.6) is 0 Å². The Balaban J connectivity index is 1.91. The van der Waals surface area contributed by atoms with Crippen molar-refractivity contribution in [2.24, 2.45) is 5.92 Å². The van der Waals surface area contributed by atoms with E-state index < -0.39 is 16.1 Å². The van der Waals surface area contributed by atoms with Gasteiger partial charge in [-0.3, -0.25) is 13.9 Å². The summed E-state index contributed by atoms with van der Waals surface area (Å²) in [5.74, 6) is -0.289. The van der Waals surface area contributed by atoms with Gasteiger partial charge in [-0.05, 0) is 54.2 Å². The largest absolute Gasteiger partial charge is 0.354 e. The van der Waals surface area contributed by atoms with Gasteiger partial charge in [-0.1, -0.05) is 91.6 Å². The molecule has 0 radical (unpaired) electrons. The molecular formula is C32H39Cl2N3O4S. The molecule has 0 aliphatic carbocycles. The lowest BCUT2D eigenvalue weighted by molar-refractivity contribution is -0.141. The molecule has 0 unspecified atom stereocenters. The van der Waals surface area contributed by atoms with Gasteiger partial charge in [-0.2, -0.15) is 0 Å². The summed E-state index contributed by atoms with van der Waals surface area (Å²) in [6.07, 6.45) is 1.72. The Morgan fingerprint density at radius 2 is 1.55 bits per heavy atom. The van der Waals surface area contributed by atoms with Crippen LogP contribution < -0.4 is 9.62 Å². The van der Waals surface area contributed by atoms with Crippen molar-refractivity contribution in [3.63, 3.8) is 0 Å². The van der Waals surface area contributed by atoms with Gasteiger partial charge in [0, 0.05) is 42.5 Å². The number of nitrogens with one attached hydrogen (secondary N) is 1. The zero-order chi connectivity index (χ0) is 30.9. The third-order valence-electron chi connectivity index (χ3n) is 6.91. The molecule has 3 aromatic rings. The van der Waals surface area contributed by atoms with Gasteiger partial charge >= 0.3 is 0 Å². The van der Waals surface area contributed by atoms with Crippen molar-refractivity contribution in [2.45, 2.75) is 52.6 Å². The standard InChI is InChI=1S/C32H39Cl2N3O4S/c1-23(2)21-35-32(39)30(20-25-12-6-5-7-13-25)36(22-26-14-8-9-15-28(26)34)31(38)18-11-19-37(42(4,40)41)29-17-10-16-27(33)24(29)3/h5-10,12-17,23,30H,11,18-22H2,1-4H3,(H,35,39)/t30-/m0/s1. The number of benzene rings is 3. The number of halogens is 2. The fraction of sp³-hybridized carbons (Fsp3) is 0.375. The van der Waals surface area contributed by atoms with Crippen molar-refractivity contribution in [1.82, 2.24) is 10.2 Å². The molecule has 0 spiro atoms. The molecule has 10 heteroatoms. The topological polar surface area (TPSA) is 86.8 Å². The molecule has 1 atom stereocenters. The second-order valence-corrected chi connectivity index (χ2v) is 13.5. The number of hydrogen-bond acceptors (Lipinski definition) is 4. The molecule has 226 valence electrons. The minimum absolute atomic E-state index is 0.0266. The molecule has 0 fully saturated rings. The molecule has 2 amide bonds. The zero-order valence-electron chi connectivity index (χ0n) is 24.5. The van der Waals surface area contributed by atoms with Gasteiger partial charge in [0.25, 0.3) is 0 Å². The zero-order valence-corrected chi connectivity index (χ0v) is 26.8. The lowest BCUT2D eigenvalue weighted by Crippen LogP contribution is -2.51. The van der Waals surface area contributed by atoms with Crippen molar-refractivity contribution in [1.29, 1.82) is 0 Å². The summed E-state index contributed by atoms with van der Waals surface area (Å²) in [4.78, 5) is 29.1. The summed E-state index contributed by atoms with van der Waals surface area (Å²) in [5, 5.41) is 3.95. The van der Waals surface area contributed by atoms with E-state index in [9.17, 15) is 18.0 Å². The molecule has 0 heterocycles. The molecule has 3 rings (SSSR count). The lowest BCUT2D eigenvalue weighted by Gasteiger charge is -2.32. The van der Waals surface area contributed by atoms with Crippen LogP contribution in [0.1, 0.15) is 43.4 Å². The van der Waals surface area contributed by atoms with Gasteiger partial charge in [-0.25, -0.2) is 8.42 Å². The normalized spacial score (nSPS) is 12.2. The van der Waals surface area contributed by atoms with E-state index in [2.05, 4.69) is 5.32 Å². The average molecular weight is 633 g/mol. The smallest absolute Gasteiger partial charge is 0.243 e. The first-order chi connectivity index (χ1) is 19.9. The van der Waals surface area contributed by atoms with Gasteiger partial charge < -0.3 is 10.2 Å². The van der Waals surface area contributed by atoms with E-state index in [0.29, 0.717) is 34.3 Å². The van der Waals surface area contributed by atoms with Crippen molar-refractivity contribution in [3.05, 3.63) is 99.5 Å². The Morgan fingerprint density at radius 1 is 0.905 bits per heavy atom. The van der Waals surface area contributed by atoms with Gasteiger partial charge in [0.1, 0.15) is 6.04 Å². The molecule has 3 aromatic carbocycles. The Hall–Kier alpha value is -3.07. The van der Waals surface area contributed by atoms with Crippen LogP contribution in [0.25, 0.3) is 0 Å². The van der Waals surface area contributed by atoms with Crippen LogP contribution in [-0.4, -0.2) is 50.5 Å². The van der Waals surface area contributed by atoms with E-state index in [0.717, 1.165) is 17.4 Å². The van der Waals surface area contributed by atoms with E-state index in [1.54, 1.807) is 36.1 Å². The van der Waals surface area contributed by atoms with Crippen LogP contribution >= 0.6 is 23.2 Å². The number of hydrogen-bond donors (Lipinski definition) is 1. The van der Waals surface area contributed by atoms with E-state index in [4.69, 9.17) is 23.2 Å². The minimum atomic E-state index is -3.65. The third-order valence-corrected chi connectivity index (χ3v) is 8.87. The highest BCUT2D eigenvalue weighted by Crippen LogP contribution is 2.29. The maximum absolute atomic E-state index is 13.9. The van der Waals surface area contributed by atoms with Gasteiger partial charge in [0.2, 0.25) is 21.8 Å². The quantitative estimate of drug-likeness (QED) is 0.227. The lowest BCUT2D eigenvalue weighted by atomic mass is 10.0. The average Bonchev–Trinajstić information content (AvgIpc) is 2.94. The van der Waals surface area contributed by atoms with Gasteiger partial charge in [0.05, 0.1) is 11.9 Å². The molecular weight excluding hydrogens is 593 g/mol. The Morgan fingerprint density at radius 3 is 2.19 bits per heavy atom. The van der Waals surface area contributed by atoms with Crippen molar-refractivity contribution in [3.8, 4) is 0 Å². The molecule has 1 N–H and O–H groups in total. The molecule has 0 saturated carbocycles. The summed E-state index contributed by atoms with van der Waals surface area (Å²) in [5.41, 5.74) is 2.75. The third kappa shape index (κ3) is 9.48. The van der Waals surface area contributed by atoms with E-state index in [1.165, 1.54) is 4.31 Å². The van der Waals surface area contributed by atoms with Crippen LogP contribution in [0, 0.1) is 12.8 Å². The highest BCUT2D eigenvalue weighted by atomic mass is 35.5. The maximum Gasteiger partial charge on any atom is 0.243 e. The second-order valence-electron chi connectivity index (χ2n) is 10.8. The first-order valence-corrected chi connectivity index (χ1v) is 16.6. The van der Waals surface area contributed by atoms with E-state index in [-0.39, 0.29) is 43.7 Å². The van der Waals surface area contributed by atoms with E-state index in [1.807, 2.05) is 62.4 Å². The molecule has 0 bridgehead atoms. The number of carbonyl (C=O) groups is 2. The summed E-state index contributed by atoms with van der Waals surface area (Å²) >= 11 is 12.8. The predicted octanol–water partition coefficient (Wildman–Crippen LogP) is 6.26. The number of carbonyl (C=O) groups excluding carboxylic acids is 2. The molecule has 0 aliphatic heterocycles. The molecule has 42 heavy (non-hydrogen) atoms. The monoisotopic (exact) mass is 631 g/mol. The first-order valence-electron chi connectivity index (χ1n) is 14.0. The Kier molecular flexibility index (Phi) is 12.3. The van der Waals surface area contributed by atoms with Crippen LogP contribution in [0.4, 0.5) is 5.69 Å². The summed E-state index contributed by atoms with van der Waals surface area (Å²) < 4.78 is 26.7. The Bertz CT molecular complexity index is 1470. The maximum atomic E-state index is 13.9. The predicted molar refractivity (Wildman–Crippen MR) is 171 cm³/mol. The number of nitrogens with zero attached hydrogens (tertiary/aromatic N) is 2. The van der Waals surface area contributed by atoms with Crippen molar-refractivity contribution >= 4 is 50.7 Å². The van der Waals surface area contributed by atoms with Gasteiger partial charge in [-0.15, -0.1) is 0 Å². The number of sulfonamides is 1. The summed E-state index contributed by atoms with van der Waals surface area (Å²) in [6, 6.07) is 21.1. The van der Waals surface area contributed by atoms with Crippen LogP contribution in [0.15, 0.2) is 72.8 Å². The number of rotatable bonds is 14.